The number of urea groups is 1. The number of benzene rings is 3. The summed E-state index contributed by atoms with van der Waals surface area (Å²) in [7, 11) is 3.12. The molecule has 0 heterocycles. The normalized spacial score (nSPS) is 11.1. The minimum Gasteiger partial charge on any atom is -0.497 e. The van der Waals surface area contributed by atoms with Gasteiger partial charge in [0, 0.05) is 30.2 Å². The topological polar surface area (TPSA) is 128 Å². The molecule has 0 aliphatic heterocycles. The van der Waals surface area contributed by atoms with Crippen LogP contribution in [0.4, 0.5) is 21.9 Å². The highest BCUT2D eigenvalue weighted by atomic mass is 16.5. The Labute approximate surface area is 220 Å². The SMILES string of the molecule is COc1cccc(N(CC(=O)N(C)c2ccccc2)C(=O)CNC(=O)Nc2cccc([C@@H](C)C(=O)O)c2)c1. The van der Waals surface area contributed by atoms with Crippen LogP contribution in [-0.4, -0.2) is 56.2 Å². The van der Waals surface area contributed by atoms with Gasteiger partial charge in [-0.2, -0.15) is 0 Å². The van der Waals surface area contributed by atoms with Crippen molar-refractivity contribution >= 4 is 40.9 Å². The van der Waals surface area contributed by atoms with Crippen LogP contribution in [0.1, 0.15) is 18.4 Å². The second-order valence-electron chi connectivity index (χ2n) is 8.46. The van der Waals surface area contributed by atoms with Gasteiger partial charge < -0.3 is 30.3 Å². The van der Waals surface area contributed by atoms with Crippen molar-refractivity contribution in [2.24, 2.45) is 0 Å². The first-order valence-electron chi connectivity index (χ1n) is 11.8. The smallest absolute Gasteiger partial charge is 0.319 e. The third kappa shape index (κ3) is 7.33. The molecule has 3 rings (SSSR count). The third-order valence-electron chi connectivity index (χ3n) is 5.89. The molecule has 1 atom stereocenters. The van der Waals surface area contributed by atoms with E-state index in [1.165, 1.54) is 16.9 Å². The Morgan fingerprint density at radius 2 is 1.58 bits per heavy atom. The average molecular weight is 519 g/mol. The quantitative estimate of drug-likeness (QED) is 0.376. The van der Waals surface area contributed by atoms with E-state index in [-0.39, 0.29) is 12.5 Å². The Balaban J connectivity index is 1.71. The van der Waals surface area contributed by atoms with Crippen molar-refractivity contribution in [2.45, 2.75) is 12.8 Å². The molecule has 0 saturated carbocycles. The van der Waals surface area contributed by atoms with Crippen molar-refractivity contribution in [1.29, 1.82) is 0 Å². The third-order valence-corrected chi connectivity index (χ3v) is 5.89. The summed E-state index contributed by atoms with van der Waals surface area (Å²) in [5.41, 5.74) is 2.01. The number of carbonyl (C=O) groups is 4. The number of carboxylic acid groups (broad SMARTS) is 1. The highest BCUT2D eigenvalue weighted by molar-refractivity contribution is 6.05. The molecule has 0 aromatic heterocycles. The molecule has 0 saturated heterocycles. The maximum absolute atomic E-state index is 13.2. The minimum absolute atomic E-state index is 0.268. The first-order valence-corrected chi connectivity index (χ1v) is 11.8. The van der Waals surface area contributed by atoms with Crippen LogP contribution in [0.15, 0.2) is 78.9 Å². The van der Waals surface area contributed by atoms with E-state index in [0.717, 1.165) is 0 Å². The van der Waals surface area contributed by atoms with Crippen molar-refractivity contribution in [3.8, 4) is 5.75 Å². The number of hydrogen-bond donors (Lipinski definition) is 3. The van der Waals surface area contributed by atoms with Gasteiger partial charge in [-0.1, -0.05) is 36.4 Å². The van der Waals surface area contributed by atoms with Crippen molar-refractivity contribution in [2.75, 3.05) is 42.4 Å². The number of carbonyl (C=O) groups excluding carboxylic acids is 3. The molecule has 0 bridgehead atoms. The number of amides is 4. The number of ether oxygens (including phenoxy) is 1. The number of carboxylic acids is 1. The molecule has 0 aliphatic carbocycles. The van der Waals surface area contributed by atoms with Gasteiger partial charge in [0.1, 0.15) is 12.3 Å². The summed E-state index contributed by atoms with van der Waals surface area (Å²) in [6.45, 7) is 0.885. The lowest BCUT2D eigenvalue weighted by molar-refractivity contribution is -0.138. The Morgan fingerprint density at radius 3 is 2.26 bits per heavy atom. The first kappa shape index (κ1) is 27.7. The van der Waals surface area contributed by atoms with Crippen molar-refractivity contribution in [1.82, 2.24) is 5.32 Å². The number of aliphatic carboxylic acids is 1. The van der Waals surface area contributed by atoms with Gasteiger partial charge in [-0.25, -0.2) is 4.79 Å². The average Bonchev–Trinajstić information content (AvgIpc) is 2.94. The van der Waals surface area contributed by atoms with E-state index in [4.69, 9.17) is 4.74 Å². The molecular formula is C28H30N4O6. The molecule has 0 radical (unpaired) electrons. The standard InChI is InChI=1S/C28H30N4O6/c1-19(27(35)36)20-9-7-10-21(15-20)30-28(37)29-17-25(33)32(23-13-8-14-24(16-23)38-3)18-26(34)31(2)22-11-5-4-6-12-22/h4-16,19H,17-18H2,1-3H3,(H,35,36)(H2,29,30,37)/t19-/m1/s1. The van der Waals surface area contributed by atoms with E-state index in [2.05, 4.69) is 10.6 Å². The van der Waals surface area contributed by atoms with Crippen LogP contribution in [0.2, 0.25) is 0 Å². The molecule has 0 spiro atoms. The lowest BCUT2D eigenvalue weighted by Crippen LogP contribution is -2.46. The van der Waals surface area contributed by atoms with Crippen LogP contribution in [0, 0.1) is 0 Å². The fourth-order valence-corrected chi connectivity index (χ4v) is 3.59. The summed E-state index contributed by atoms with van der Waals surface area (Å²) in [5, 5.41) is 14.3. The number of rotatable bonds is 10. The highest BCUT2D eigenvalue weighted by Crippen LogP contribution is 2.22. The number of nitrogens with zero attached hydrogens (tertiary/aromatic N) is 2. The fraction of sp³-hybridized carbons (Fsp3) is 0.214. The predicted molar refractivity (Wildman–Crippen MR) is 145 cm³/mol. The molecule has 38 heavy (non-hydrogen) atoms. The highest BCUT2D eigenvalue weighted by Gasteiger charge is 2.23. The second kappa shape index (κ2) is 12.9. The Morgan fingerprint density at radius 1 is 0.895 bits per heavy atom. The minimum atomic E-state index is -0.984. The van der Waals surface area contributed by atoms with E-state index < -0.39 is 30.4 Å². The zero-order valence-electron chi connectivity index (χ0n) is 21.4. The maximum Gasteiger partial charge on any atom is 0.319 e. The molecule has 3 aromatic carbocycles. The molecule has 3 aromatic rings. The van der Waals surface area contributed by atoms with Gasteiger partial charge in [-0.05, 0) is 48.9 Å². The number of nitrogens with one attached hydrogen (secondary N) is 2. The number of para-hydroxylation sites is 1. The van der Waals surface area contributed by atoms with Crippen LogP contribution in [0.3, 0.4) is 0 Å². The number of anilines is 3. The molecule has 10 nitrogen and oxygen atoms in total. The molecule has 10 heteroatoms. The van der Waals surface area contributed by atoms with Crippen molar-refractivity contribution in [3.63, 3.8) is 0 Å². The summed E-state index contributed by atoms with van der Waals surface area (Å²) < 4.78 is 5.26. The number of hydrogen-bond acceptors (Lipinski definition) is 5. The Kier molecular flexibility index (Phi) is 9.42. The van der Waals surface area contributed by atoms with Crippen molar-refractivity contribution in [3.05, 3.63) is 84.4 Å². The zero-order valence-corrected chi connectivity index (χ0v) is 21.4. The van der Waals surface area contributed by atoms with Gasteiger partial charge in [0.15, 0.2) is 0 Å². The molecule has 3 N–H and O–H groups in total. The largest absolute Gasteiger partial charge is 0.497 e. The predicted octanol–water partition coefficient (Wildman–Crippen LogP) is 3.70. The summed E-state index contributed by atoms with van der Waals surface area (Å²) in [6, 6.07) is 21.5. The molecule has 198 valence electrons. The molecular weight excluding hydrogens is 488 g/mol. The lowest BCUT2D eigenvalue weighted by Gasteiger charge is -2.26. The van der Waals surface area contributed by atoms with Crippen molar-refractivity contribution < 1.29 is 29.0 Å². The lowest BCUT2D eigenvalue weighted by atomic mass is 10.0. The van der Waals surface area contributed by atoms with Gasteiger partial charge in [0.25, 0.3) is 0 Å². The zero-order chi connectivity index (χ0) is 27.7. The van der Waals surface area contributed by atoms with Gasteiger partial charge >= 0.3 is 12.0 Å². The van der Waals surface area contributed by atoms with Gasteiger partial charge in [-0.3, -0.25) is 14.4 Å². The first-order chi connectivity index (χ1) is 18.2. The number of methoxy groups -OCH3 is 1. The van der Waals surface area contributed by atoms with Crippen LogP contribution in [0.25, 0.3) is 0 Å². The van der Waals surface area contributed by atoms with Gasteiger partial charge in [0.05, 0.1) is 19.6 Å². The fourth-order valence-electron chi connectivity index (χ4n) is 3.59. The summed E-state index contributed by atoms with van der Waals surface area (Å²) in [4.78, 5) is 52.8. The van der Waals surface area contributed by atoms with E-state index in [1.54, 1.807) is 74.6 Å². The summed E-state index contributed by atoms with van der Waals surface area (Å²) in [6.07, 6.45) is 0. The van der Waals surface area contributed by atoms with Gasteiger partial charge in [-0.15, -0.1) is 0 Å². The van der Waals surface area contributed by atoms with Crippen LogP contribution < -0.4 is 25.2 Å². The van der Waals surface area contributed by atoms with E-state index >= 15 is 0 Å². The van der Waals surface area contributed by atoms with E-state index in [9.17, 15) is 24.3 Å². The maximum atomic E-state index is 13.2. The Hall–Kier alpha value is -4.86. The molecule has 0 fully saturated rings. The van der Waals surface area contributed by atoms with E-state index in [0.29, 0.717) is 28.4 Å². The monoisotopic (exact) mass is 518 g/mol. The van der Waals surface area contributed by atoms with E-state index in [1.807, 2.05) is 18.2 Å². The molecule has 0 unspecified atom stereocenters. The number of likely N-dealkylation sites (N-methyl/N-ethyl adjacent to an activating group) is 1. The summed E-state index contributed by atoms with van der Waals surface area (Å²) in [5.74, 6) is -2.07. The second-order valence-corrected chi connectivity index (χ2v) is 8.46. The van der Waals surface area contributed by atoms with Crippen LogP contribution >= 0.6 is 0 Å². The molecule has 0 aliphatic rings. The van der Waals surface area contributed by atoms with Crippen LogP contribution in [-0.2, 0) is 14.4 Å². The Bertz CT molecular complexity index is 1300. The summed E-state index contributed by atoms with van der Waals surface area (Å²) >= 11 is 0. The molecule has 4 amide bonds. The van der Waals surface area contributed by atoms with Crippen LogP contribution in [0.5, 0.6) is 5.75 Å². The van der Waals surface area contributed by atoms with Gasteiger partial charge in [0.2, 0.25) is 11.8 Å².